The van der Waals surface area contributed by atoms with E-state index in [1.807, 2.05) is 37.3 Å². The monoisotopic (exact) mass is 354 g/mol. The van der Waals surface area contributed by atoms with Crippen LogP contribution in [-0.4, -0.2) is 40.8 Å². The molecule has 4 rings (SSSR count). The van der Waals surface area contributed by atoms with Gasteiger partial charge in [-0.15, -0.1) is 5.10 Å². The Morgan fingerprint density at radius 1 is 1.12 bits per heavy atom. The van der Waals surface area contributed by atoms with Crippen LogP contribution in [0.3, 0.4) is 0 Å². The molecule has 1 aromatic heterocycles. The summed E-state index contributed by atoms with van der Waals surface area (Å²) < 4.78 is 28.7. The molecule has 1 aliphatic rings. The number of fused-ring (bicyclic) bond motifs is 1. The van der Waals surface area contributed by atoms with Crippen molar-refractivity contribution in [1.82, 2.24) is 19.3 Å². The smallest absolute Gasteiger partial charge is 0.233 e. The first-order valence-electron chi connectivity index (χ1n) is 8.17. The van der Waals surface area contributed by atoms with Crippen molar-refractivity contribution in [1.29, 1.82) is 0 Å². The van der Waals surface area contributed by atoms with E-state index in [2.05, 4.69) is 28.5 Å². The number of hydrogen-bond donors (Lipinski definition) is 0. The lowest BCUT2D eigenvalue weighted by atomic mass is 9.99. The van der Waals surface area contributed by atoms with Gasteiger partial charge in [0.25, 0.3) is 10.0 Å². The number of aromatic nitrogens is 3. The van der Waals surface area contributed by atoms with Crippen LogP contribution in [0.4, 0.5) is 0 Å². The van der Waals surface area contributed by atoms with Gasteiger partial charge in [0.1, 0.15) is 0 Å². The Morgan fingerprint density at radius 2 is 1.92 bits per heavy atom. The first kappa shape index (κ1) is 16.0. The molecule has 0 saturated heterocycles. The topological polar surface area (TPSA) is 68.1 Å². The maximum atomic E-state index is 12.9. The van der Waals surface area contributed by atoms with E-state index in [-0.39, 0.29) is 5.03 Å². The van der Waals surface area contributed by atoms with Crippen LogP contribution in [0.5, 0.6) is 0 Å². The van der Waals surface area contributed by atoms with E-state index in [1.165, 1.54) is 15.2 Å². The van der Waals surface area contributed by atoms with E-state index in [0.29, 0.717) is 19.6 Å². The molecule has 0 radical (unpaired) electrons. The summed E-state index contributed by atoms with van der Waals surface area (Å²) >= 11 is 0. The van der Waals surface area contributed by atoms with Gasteiger partial charge in [0.2, 0.25) is 0 Å². The summed E-state index contributed by atoms with van der Waals surface area (Å²) in [7, 11) is -3.61. The minimum Gasteiger partial charge on any atom is -0.233 e. The first-order valence-corrected chi connectivity index (χ1v) is 9.61. The average Bonchev–Trinajstić information content (AvgIpc) is 3.31. The quantitative estimate of drug-likeness (QED) is 0.722. The fourth-order valence-corrected chi connectivity index (χ4v) is 4.67. The van der Waals surface area contributed by atoms with Crippen molar-refractivity contribution in [3.63, 3.8) is 0 Å². The molecular formula is C18H18N4O2S. The molecule has 0 unspecified atom stereocenters. The third-order valence-corrected chi connectivity index (χ3v) is 6.31. The second-order valence-corrected chi connectivity index (χ2v) is 7.83. The molecule has 2 heterocycles. The van der Waals surface area contributed by atoms with Crippen LogP contribution in [-0.2, 0) is 16.6 Å². The lowest BCUT2D eigenvalue weighted by Gasteiger charge is -2.17. The van der Waals surface area contributed by atoms with Gasteiger partial charge in [-0.3, -0.25) is 0 Å². The molecular weight excluding hydrogens is 336 g/mol. The van der Waals surface area contributed by atoms with Gasteiger partial charge in [0.05, 0.1) is 6.20 Å². The molecule has 0 saturated carbocycles. The second kappa shape index (κ2) is 6.09. The highest BCUT2D eigenvalue weighted by Gasteiger charge is 2.31. The lowest BCUT2D eigenvalue weighted by Crippen LogP contribution is -2.30. The van der Waals surface area contributed by atoms with Gasteiger partial charge in [-0.05, 0) is 28.8 Å². The summed E-state index contributed by atoms with van der Waals surface area (Å²) in [6, 6.07) is 14.3. The maximum Gasteiger partial charge on any atom is 0.262 e. The molecule has 0 N–H and O–H groups in total. The summed E-state index contributed by atoms with van der Waals surface area (Å²) in [5, 5.41) is 10.00. The van der Waals surface area contributed by atoms with Crippen LogP contribution >= 0.6 is 0 Å². The second-order valence-electron chi connectivity index (χ2n) is 5.94. The van der Waals surface area contributed by atoms with Crippen LogP contribution < -0.4 is 0 Å². The van der Waals surface area contributed by atoms with E-state index in [0.717, 1.165) is 21.9 Å². The Labute approximate surface area is 146 Å². The molecule has 0 aliphatic carbocycles. The van der Waals surface area contributed by atoms with Gasteiger partial charge >= 0.3 is 0 Å². The predicted molar refractivity (Wildman–Crippen MR) is 96.4 cm³/mol. The van der Waals surface area contributed by atoms with E-state index < -0.39 is 10.0 Å². The fraction of sp³-hybridized carbons (Fsp3) is 0.222. The standard InChI is InChI=1S/C18H18N4O2S/c1-2-22-18(12-19-20-22)25(23,24)21-11-10-15(13-21)17-9-5-7-14-6-3-4-8-16(14)17/h3-10,12H,2,11,13H2,1H3. The Bertz CT molecular complexity index is 1060. The van der Waals surface area contributed by atoms with E-state index in [4.69, 9.17) is 0 Å². The normalized spacial score (nSPS) is 15.6. The Morgan fingerprint density at radius 3 is 2.76 bits per heavy atom. The highest BCUT2D eigenvalue weighted by molar-refractivity contribution is 7.89. The van der Waals surface area contributed by atoms with Crippen molar-refractivity contribution in [3.05, 3.63) is 60.3 Å². The summed E-state index contributed by atoms with van der Waals surface area (Å²) in [5.41, 5.74) is 2.11. The van der Waals surface area contributed by atoms with E-state index >= 15 is 0 Å². The third kappa shape index (κ3) is 2.65. The number of hydrogen-bond acceptors (Lipinski definition) is 4. The van der Waals surface area contributed by atoms with Crippen molar-refractivity contribution in [2.45, 2.75) is 18.5 Å². The van der Waals surface area contributed by atoms with Gasteiger partial charge < -0.3 is 0 Å². The van der Waals surface area contributed by atoms with Crippen molar-refractivity contribution in [2.75, 3.05) is 13.1 Å². The average molecular weight is 354 g/mol. The molecule has 2 aromatic carbocycles. The fourth-order valence-electron chi connectivity index (χ4n) is 3.21. The molecule has 0 fully saturated rings. The Kier molecular flexibility index (Phi) is 3.89. The summed E-state index contributed by atoms with van der Waals surface area (Å²) in [6.07, 6.45) is 3.30. The van der Waals surface area contributed by atoms with Crippen molar-refractivity contribution in [2.24, 2.45) is 0 Å². The third-order valence-electron chi connectivity index (χ3n) is 4.51. The molecule has 25 heavy (non-hydrogen) atoms. The predicted octanol–water partition coefficient (Wildman–Crippen LogP) is 2.54. The van der Waals surface area contributed by atoms with Gasteiger partial charge in [-0.2, -0.15) is 4.31 Å². The number of rotatable bonds is 4. The molecule has 128 valence electrons. The number of aryl methyl sites for hydroxylation is 1. The highest BCUT2D eigenvalue weighted by Crippen LogP contribution is 2.30. The minimum absolute atomic E-state index is 0.141. The lowest BCUT2D eigenvalue weighted by molar-refractivity contribution is 0.471. The largest absolute Gasteiger partial charge is 0.262 e. The van der Waals surface area contributed by atoms with Crippen LogP contribution in [0.1, 0.15) is 12.5 Å². The maximum absolute atomic E-state index is 12.9. The first-order chi connectivity index (χ1) is 12.1. The zero-order valence-electron chi connectivity index (χ0n) is 13.8. The highest BCUT2D eigenvalue weighted by atomic mass is 32.2. The number of sulfonamides is 1. The van der Waals surface area contributed by atoms with Crippen LogP contribution in [0.15, 0.2) is 59.8 Å². The van der Waals surface area contributed by atoms with Crippen molar-refractivity contribution >= 4 is 26.4 Å². The van der Waals surface area contributed by atoms with E-state index in [9.17, 15) is 8.42 Å². The molecule has 0 atom stereocenters. The van der Waals surface area contributed by atoms with Crippen LogP contribution in [0.2, 0.25) is 0 Å². The van der Waals surface area contributed by atoms with Gasteiger partial charge in [-0.1, -0.05) is 53.8 Å². The SMILES string of the molecule is CCn1nncc1S(=O)(=O)N1CC=C(c2cccc3ccccc23)C1. The van der Waals surface area contributed by atoms with Crippen LogP contribution in [0.25, 0.3) is 16.3 Å². The molecule has 0 amide bonds. The molecule has 6 nitrogen and oxygen atoms in total. The summed E-state index contributed by atoms with van der Waals surface area (Å²) in [6.45, 7) is 3.02. The van der Waals surface area contributed by atoms with Crippen molar-refractivity contribution in [3.8, 4) is 0 Å². The Hall–Kier alpha value is -2.51. The molecule has 3 aromatic rings. The van der Waals surface area contributed by atoms with Gasteiger partial charge in [0, 0.05) is 19.6 Å². The van der Waals surface area contributed by atoms with Gasteiger partial charge in [0.15, 0.2) is 5.03 Å². The van der Waals surface area contributed by atoms with Crippen molar-refractivity contribution < 1.29 is 8.42 Å². The summed E-state index contributed by atoms with van der Waals surface area (Å²) in [4.78, 5) is 0. The number of benzene rings is 2. The minimum atomic E-state index is -3.61. The molecule has 7 heteroatoms. The van der Waals surface area contributed by atoms with Crippen LogP contribution in [0, 0.1) is 0 Å². The zero-order valence-corrected chi connectivity index (χ0v) is 14.6. The summed E-state index contributed by atoms with van der Waals surface area (Å²) in [5.74, 6) is 0. The molecule has 1 aliphatic heterocycles. The zero-order chi connectivity index (χ0) is 17.4. The molecule has 0 spiro atoms. The Balaban J connectivity index is 1.67. The number of nitrogens with zero attached hydrogens (tertiary/aromatic N) is 4. The molecule has 0 bridgehead atoms. The van der Waals surface area contributed by atoms with E-state index in [1.54, 1.807) is 0 Å². The van der Waals surface area contributed by atoms with Gasteiger partial charge in [-0.25, -0.2) is 13.1 Å².